The lowest BCUT2D eigenvalue weighted by molar-refractivity contribution is 0.212. The van der Waals surface area contributed by atoms with Gasteiger partial charge < -0.3 is 4.90 Å². The fourth-order valence-corrected chi connectivity index (χ4v) is 1.89. The third-order valence-corrected chi connectivity index (χ3v) is 2.59. The Kier molecular flexibility index (Phi) is 3.34. The van der Waals surface area contributed by atoms with E-state index >= 15 is 0 Å². The number of likely N-dealkylation sites (N-methyl/N-ethyl adjacent to an activating group) is 2. The molecule has 0 spiro atoms. The van der Waals surface area contributed by atoms with Crippen molar-refractivity contribution in [3.8, 4) is 0 Å². The zero-order chi connectivity index (χ0) is 8.27. The summed E-state index contributed by atoms with van der Waals surface area (Å²) in [6.07, 6.45) is 1.33. The number of rotatable bonds is 1. The first-order valence-corrected chi connectivity index (χ1v) is 4.66. The highest BCUT2D eigenvalue weighted by Crippen LogP contribution is 2.06. The van der Waals surface area contributed by atoms with Crippen LogP contribution in [0, 0.1) is 0 Å². The van der Waals surface area contributed by atoms with Crippen molar-refractivity contribution in [2.24, 2.45) is 0 Å². The van der Waals surface area contributed by atoms with Gasteiger partial charge >= 0.3 is 0 Å². The third kappa shape index (κ3) is 2.46. The molecule has 0 amide bonds. The molecule has 1 aliphatic heterocycles. The largest absolute Gasteiger partial charge is 0.305 e. The second-order valence-electron chi connectivity index (χ2n) is 3.59. The van der Waals surface area contributed by atoms with Crippen molar-refractivity contribution in [2.45, 2.75) is 26.3 Å². The van der Waals surface area contributed by atoms with E-state index in [9.17, 15) is 0 Å². The summed E-state index contributed by atoms with van der Waals surface area (Å²) in [6.45, 7) is 9.55. The Balaban J connectivity index is 2.43. The van der Waals surface area contributed by atoms with Crippen LogP contribution in [0.15, 0.2) is 0 Å². The Labute approximate surface area is 70.2 Å². The van der Waals surface area contributed by atoms with Crippen LogP contribution >= 0.6 is 0 Å². The van der Waals surface area contributed by atoms with Crippen molar-refractivity contribution in [1.29, 1.82) is 0 Å². The molecule has 1 atom stereocenters. The second kappa shape index (κ2) is 4.07. The Bertz CT molecular complexity index is 114. The average Bonchev–Trinajstić information content (AvgIpc) is 2.11. The van der Waals surface area contributed by atoms with Crippen molar-refractivity contribution in [2.75, 3.05) is 33.2 Å². The molecule has 1 fully saturated rings. The van der Waals surface area contributed by atoms with E-state index in [-0.39, 0.29) is 0 Å². The topological polar surface area (TPSA) is 6.48 Å². The quantitative estimate of drug-likeness (QED) is 0.559. The van der Waals surface area contributed by atoms with Gasteiger partial charge in [-0.2, -0.15) is 0 Å². The maximum absolute atomic E-state index is 2.56. The minimum absolute atomic E-state index is 0.743. The molecular formula is C9H20N2. The highest BCUT2D eigenvalue weighted by Gasteiger charge is 2.17. The van der Waals surface area contributed by atoms with E-state index in [1.807, 2.05) is 0 Å². The number of hydrogen-bond acceptors (Lipinski definition) is 2. The van der Waals surface area contributed by atoms with Crippen molar-refractivity contribution in [1.82, 2.24) is 9.80 Å². The molecular weight excluding hydrogens is 136 g/mol. The molecule has 0 N–H and O–H groups in total. The van der Waals surface area contributed by atoms with Crippen LogP contribution in [0.2, 0.25) is 0 Å². The van der Waals surface area contributed by atoms with Crippen molar-refractivity contribution >= 4 is 0 Å². The van der Waals surface area contributed by atoms with Gasteiger partial charge in [0.2, 0.25) is 0 Å². The molecule has 11 heavy (non-hydrogen) atoms. The summed E-state index contributed by atoms with van der Waals surface area (Å²) < 4.78 is 0. The van der Waals surface area contributed by atoms with Crippen LogP contribution in [0.1, 0.15) is 20.3 Å². The van der Waals surface area contributed by atoms with Gasteiger partial charge in [0.25, 0.3) is 0 Å². The van der Waals surface area contributed by atoms with Crippen molar-refractivity contribution in [3.05, 3.63) is 0 Å². The molecule has 0 unspecified atom stereocenters. The zero-order valence-electron chi connectivity index (χ0n) is 8.01. The number of nitrogens with zero attached hydrogens (tertiary/aromatic N) is 2. The molecule has 2 nitrogen and oxygen atoms in total. The predicted molar refractivity (Wildman–Crippen MR) is 48.8 cm³/mol. The standard InChI is InChI=1S/C9H20N2/c1-4-11-7-5-6-10(3)8-9(11)2/h9H,4-8H2,1-3H3/t9-/m0/s1. The van der Waals surface area contributed by atoms with Gasteiger partial charge in [-0.1, -0.05) is 6.92 Å². The van der Waals surface area contributed by atoms with Crippen LogP contribution < -0.4 is 0 Å². The van der Waals surface area contributed by atoms with Crippen LogP contribution in [0.5, 0.6) is 0 Å². The Morgan fingerprint density at radius 1 is 1.36 bits per heavy atom. The molecule has 1 aliphatic rings. The predicted octanol–water partition coefficient (Wildman–Crippen LogP) is 1.03. The fraction of sp³-hybridized carbons (Fsp3) is 1.00. The first-order chi connectivity index (χ1) is 5.24. The molecule has 0 saturated carbocycles. The molecule has 0 bridgehead atoms. The highest BCUT2D eigenvalue weighted by atomic mass is 15.2. The van der Waals surface area contributed by atoms with Crippen LogP contribution in [0.25, 0.3) is 0 Å². The molecule has 1 saturated heterocycles. The van der Waals surface area contributed by atoms with E-state index in [2.05, 4.69) is 30.7 Å². The molecule has 0 aromatic rings. The van der Waals surface area contributed by atoms with Crippen LogP contribution in [-0.2, 0) is 0 Å². The molecule has 0 radical (unpaired) electrons. The minimum Gasteiger partial charge on any atom is -0.305 e. The molecule has 1 rings (SSSR count). The highest BCUT2D eigenvalue weighted by molar-refractivity contribution is 4.73. The van der Waals surface area contributed by atoms with E-state index in [0.717, 1.165) is 6.04 Å². The van der Waals surface area contributed by atoms with Gasteiger partial charge in [-0.25, -0.2) is 0 Å². The van der Waals surface area contributed by atoms with Crippen LogP contribution in [-0.4, -0.2) is 49.1 Å². The van der Waals surface area contributed by atoms with Gasteiger partial charge in [-0.3, -0.25) is 4.90 Å². The SMILES string of the molecule is CCN1CCCN(C)C[C@@H]1C. The van der Waals surface area contributed by atoms with Crippen LogP contribution in [0.4, 0.5) is 0 Å². The van der Waals surface area contributed by atoms with E-state index < -0.39 is 0 Å². The van der Waals surface area contributed by atoms with E-state index in [1.54, 1.807) is 0 Å². The minimum atomic E-state index is 0.743. The van der Waals surface area contributed by atoms with Crippen molar-refractivity contribution in [3.63, 3.8) is 0 Å². The third-order valence-electron chi connectivity index (χ3n) is 2.59. The lowest BCUT2D eigenvalue weighted by Crippen LogP contribution is -2.37. The van der Waals surface area contributed by atoms with Gasteiger partial charge in [-0.15, -0.1) is 0 Å². The summed E-state index contributed by atoms with van der Waals surface area (Å²) in [4.78, 5) is 4.99. The normalized spacial score (nSPS) is 30.3. The lowest BCUT2D eigenvalue weighted by atomic mass is 10.3. The maximum Gasteiger partial charge on any atom is 0.0194 e. The van der Waals surface area contributed by atoms with Gasteiger partial charge in [0.1, 0.15) is 0 Å². The van der Waals surface area contributed by atoms with Crippen LogP contribution in [0.3, 0.4) is 0 Å². The molecule has 0 aliphatic carbocycles. The molecule has 1 heterocycles. The Hall–Kier alpha value is -0.0800. The van der Waals surface area contributed by atoms with E-state index in [0.29, 0.717) is 0 Å². The second-order valence-corrected chi connectivity index (χ2v) is 3.59. The summed E-state index contributed by atoms with van der Waals surface area (Å²) in [5.41, 5.74) is 0. The summed E-state index contributed by atoms with van der Waals surface area (Å²) in [5.74, 6) is 0. The Morgan fingerprint density at radius 3 is 2.73 bits per heavy atom. The first kappa shape index (κ1) is 9.01. The maximum atomic E-state index is 2.56. The van der Waals surface area contributed by atoms with Gasteiger partial charge in [0.15, 0.2) is 0 Å². The first-order valence-electron chi connectivity index (χ1n) is 4.66. The van der Waals surface area contributed by atoms with E-state index in [4.69, 9.17) is 0 Å². The fourth-order valence-electron chi connectivity index (χ4n) is 1.89. The molecule has 0 aromatic heterocycles. The number of hydrogen-bond donors (Lipinski definition) is 0. The lowest BCUT2D eigenvalue weighted by Gasteiger charge is -2.26. The van der Waals surface area contributed by atoms with E-state index in [1.165, 1.54) is 32.6 Å². The Morgan fingerprint density at radius 2 is 2.09 bits per heavy atom. The van der Waals surface area contributed by atoms with Gasteiger partial charge in [0.05, 0.1) is 0 Å². The smallest absolute Gasteiger partial charge is 0.0194 e. The molecule has 2 heteroatoms. The summed E-state index contributed by atoms with van der Waals surface area (Å²) in [6, 6.07) is 0.743. The monoisotopic (exact) mass is 156 g/mol. The zero-order valence-corrected chi connectivity index (χ0v) is 8.01. The average molecular weight is 156 g/mol. The molecule has 0 aromatic carbocycles. The molecule has 66 valence electrons. The summed E-state index contributed by atoms with van der Waals surface area (Å²) in [7, 11) is 2.22. The van der Waals surface area contributed by atoms with Gasteiger partial charge in [-0.05, 0) is 40.0 Å². The summed E-state index contributed by atoms with van der Waals surface area (Å²) in [5, 5.41) is 0. The van der Waals surface area contributed by atoms with Crippen molar-refractivity contribution < 1.29 is 0 Å². The van der Waals surface area contributed by atoms with Gasteiger partial charge in [0, 0.05) is 12.6 Å². The summed E-state index contributed by atoms with van der Waals surface area (Å²) >= 11 is 0.